The van der Waals surface area contributed by atoms with Gasteiger partial charge in [-0.2, -0.15) is 0 Å². The zero-order valence-corrected chi connectivity index (χ0v) is 11.0. The smallest absolute Gasteiger partial charge is 0.0682 e. The van der Waals surface area contributed by atoms with Crippen molar-refractivity contribution in [2.45, 2.75) is 6.61 Å². The van der Waals surface area contributed by atoms with E-state index in [4.69, 9.17) is 0 Å². The van der Waals surface area contributed by atoms with E-state index in [0.29, 0.717) is 0 Å². The summed E-state index contributed by atoms with van der Waals surface area (Å²) in [6.45, 7) is 0.0890. The summed E-state index contributed by atoms with van der Waals surface area (Å²) in [5.74, 6) is 0. The molecule has 0 spiro atoms. The van der Waals surface area contributed by atoms with Crippen LogP contribution >= 0.6 is 0 Å². The van der Waals surface area contributed by atoms with E-state index in [9.17, 15) is 5.11 Å². The first-order chi connectivity index (χ1) is 9.85. The first-order valence-electron chi connectivity index (χ1n) is 6.80. The van der Waals surface area contributed by atoms with Gasteiger partial charge in [-0.25, -0.2) is 0 Å². The number of benzene rings is 4. The Balaban J connectivity index is 2.14. The Morgan fingerprint density at radius 2 is 1.40 bits per heavy atom. The highest BCUT2D eigenvalue weighted by molar-refractivity contribution is 6.12. The highest BCUT2D eigenvalue weighted by Crippen LogP contribution is 2.29. The molecule has 1 nitrogen and oxygen atoms in total. The Morgan fingerprint density at radius 3 is 2.30 bits per heavy atom. The van der Waals surface area contributed by atoms with Crippen LogP contribution in [-0.2, 0) is 6.61 Å². The second kappa shape index (κ2) is 4.32. The molecule has 0 aromatic heterocycles. The van der Waals surface area contributed by atoms with Crippen LogP contribution in [0.4, 0.5) is 0 Å². The maximum Gasteiger partial charge on any atom is 0.0682 e. The molecule has 20 heavy (non-hydrogen) atoms. The number of aliphatic hydroxyl groups excluding tert-OH is 1. The summed E-state index contributed by atoms with van der Waals surface area (Å²) in [5, 5.41) is 16.7. The van der Waals surface area contributed by atoms with E-state index in [1.807, 2.05) is 6.07 Å². The van der Waals surface area contributed by atoms with Crippen LogP contribution in [0.5, 0.6) is 0 Å². The highest BCUT2D eigenvalue weighted by atomic mass is 16.3. The van der Waals surface area contributed by atoms with Crippen molar-refractivity contribution in [2.24, 2.45) is 0 Å². The van der Waals surface area contributed by atoms with Crippen molar-refractivity contribution < 1.29 is 5.11 Å². The van der Waals surface area contributed by atoms with Crippen LogP contribution in [0, 0.1) is 0 Å². The Bertz CT molecular complexity index is 938. The third-order valence-corrected chi connectivity index (χ3v) is 3.95. The topological polar surface area (TPSA) is 20.2 Å². The van der Waals surface area contributed by atoms with E-state index in [2.05, 4.69) is 60.7 Å². The third kappa shape index (κ3) is 1.68. The molecular weight excluding hydrogens is 244 g/mol. The van der Waals surface area contributed by atoms with Gasteiger partial charge in [0.2, 0.25) is 0 Å². The van der Waals surface area contributed by atoms with Gasteiger partial charge in [0.15, 0.2) is 0 Å². The molecule has 4 aromatic carbocycles. The van der Waals surface area contributed by atoms with Crippen molar-refractivity contribution in [1.29, 1.82) is 0 Å². The van der Waals surface area contributed by atoms with Crippen LogP contribution in [0.2, 0.25) is 0 Å². The molecule has 0 saturated carbocycles. The summed E-state index contributed by atoms with van der Waals surface area (Å²) < 4.78 is 0. The number of hydrogen-bond acceptors (Lipinski definition) is 1. The van der Waals surface area contributed by atoms with Gasteiger partial charge in [-0.15, -0.1) is 0 Å². The molecule has 0 atom stereocenters. The minimum atomic E-state index is 0.0890. The fourth-order valence-electron chi connectivity index (χ4n) is 2.90. The summed E-state index contributed by atoms with van der Waals surface area (Å²) in [6.07, 6.45) is 0. The van der Waals surface area contributed by atoms with Crippen molar-refractivity contribution in [3.63, 3.8) is 0 Å². The van der Waals surface area contributed by atoms with E-state index < -0.39 is 0 Å². The molecule has 0 unspecified atom stereocenters. The fraction of sp³-hybridized carbons (Fsp3) is 0.0526. The number of fused-ring (bicyclic) bond motifs is 4. The summed E-state index contributed by atoms with van der Waals surface area (Å²) in [4.78, 5) is 0. The largest absolute Gasteiger partial charge is 0.392 e. The molecule has 0 amide bonds. The third-order valence-electron chi connectivity index (χ3n) is 3.95. The lowest BCUT2D eigenvalue weighted by Crippen LogP contribution is -1.84. The zero-order chi connectivity index (χ0) is 13.5. The van der Waals surface area contributed by atoms with Crippen molar-refractivity contribution in [1.82, 2.24) is 0 Å². The van der Waals surface area contributed by atoms with Gasteiger partial charge in [-0.05, 0) is 56.1 Å². The maximum absolute atomic E-state index is 9.25. The van der Waals surface area contributed by atoms with Gasteiger partial charge in [0.25, 0.3) is 0 Å². The predicted octanol–water partition coefficient (Wildman–Crippen LogP) is 4.64. The number of aliphatic hydroxyl groups is 1. The zero-order valence-electron chi connectivity index (χ0n) is 11.0. The Morgan fingerprint density at radius 1 is 0.600 bits per heavy atom. The molecule has 4 rings (SSSR count). The van der Waals surface area contributed by atoms with E-state index in [0.717, 1.165) is 5.56 Å². The summed E-state index contributed by atoms with van der Waals surface area (Å²) >= 11 is 0. The van der Waals surface area contributed by atoms with Crippen LogP contribution in [0.1, 0.15) is 5.56 Å². The average molecular weight is 258 g/mol. The van der Waals surface area contributed by atoms with Crippen LogP contribution in [0.3, 0.4) is 0 Å². The van der Waals surface area contributed by atoms with E-state index in [1.54, 1.807) is 0 Å². The number of rotatable bonds is 1. The molecule has 4 aromatic rings. The summed E-state index contributed by atoms with van der Waals surface area (Å²) in [7, 11) is 0. The lowest BCUT2D eigenvalue weighted by Gasteiger charge is -2.07. The van der Waals surface area contributed by atoms with Gasteiger partial charge in [0.1, 0.15) is 0 Å². The van der Waals surface area contributed by atoms with E-state index in [-0.39, 0.29) is 6.61 Å². The van der Waals surface area contributed by atoms with E-state index in [1.165, 1.54) is 32.3 Å². The van der Waals surface area contributed by atoms with Gasteiger partial charge in [0, 0.05) is 0 Å². The maximum atomic E-state index is 9.25. The first kappa shape index (κ1) is 11.4. The van der Waals surface area contributed by atoms with Gasteiger partial charge < -0.3 is 5.11 Å². The lowest BCUT2D eigenvalue weighted by molar-refractivity contribution is 0.282. The molecule has 96 valence electrons. The molecule has 0 aliphatic rings. The quantitative estimate of drug-likeness (QED) is 0.389. The molecule has 0 aliphatic heterocycles. The van der Waals surface area contributed by atoms with Crippen LogP contribution in [0.15, 0.2) is 66.7 Å². The Hall–Kier alpha value is -2.38. The predicted molar refractivity (Wildman–Crippen MR) is 84.9 cm³/mol. The molecule has 0 radical (unpaired) electrons. The van der Waals surface area contributed by atoms with Gasteiger partial charge in [-0.3, -0.25) is 0 Å². The fourth-order valence-corrected chi connectivity index (χ4v) is 2.90. The molecular formula is C19H14O. The average Bonchev–Trinajstić information content (AvgIpc) is 2.52. The minimum Gasteiger partial charge on any atom is -0.392 e. The van der Waals surface area contributed by atoms with E-state index >= 15 is 0 Å². The molecule has 0 heterocycles. The van der Waals surface area contributed by atoms with Crippen LogP contribution in [-0.4, -0.2) is 5.11 Å². The number of hydrogen-bond donors (Lipinski definition) is 1. The summed E-state index contributed by atoms with van der Waals surface area (Å²) in [5.41, 5.74) is 0.956. The van der Waals surface area contributed by atoms with Gasteiger partial charge in [-0.1, -0.05) is 48.5 Å². The molecule has 0 bridgehead atoms. The van der Waals surface area contributed by atoms with Crippen molar-refractivity contribution in [3.05, 3.63) is 72.3 Å². The van der Waals surface area contributed by atoms with Gasteiger partial charge in [0.05, 0.1) is 6.61 Å². The SMILES string of the molecule is OCc1ccc2cc3c(ccc4ccccc43)cc2c1. The normalized spacial score (nSPS) is 11.4. The first-order valence-corrected chi connectivity index (χ1v) is 6.80. The van der Waals surface area contributed by atoms with Gasteiger partial charge >= 0.3 is 0 Å². The van der Waals surface area contributed by atoms with Crippen molar-refractivity contribution in [3.8, 4) is 0 Å². The lowest BCUT2D eigenvalue weighted by atomic mass is 9.97. The Labute approximate surface area is 117 Å². The highest BCUT2D eigenvalue weighted by Gasteiger charge is 2.03. The molecule has 1 N–H and O–H groups in total. The second-order valence-corrected chi connectivity index (χ2v) is 5.20. The molecule has 0 fully saturated rings. The molecule has 0 saturated heterocycles. The Kier molecular flexibility index (Phi) is 2.48. The molecule has 0 aliphatic carbocycles. The second-order valence-electron chi connectivity index (χ2n) is 5.20. The monoisotopic (exact) mass is 258 g/mol. The van der Waals surface area contributed by atoms with Crippen molar-refractivity contribution >= 4 is 32.3 Å². The molecule has 1 heteroatoms. The van der Waals surface area contributed by atoms with Crippen molar-refractivity contribution in [2.75, 3.05) is 0 Å². The van der Waals surface area contributed by atoms with Crippen LogP contribution in [0.25, 0.3) is 32.3 Å². The minimum absolute atomic E-state index is 0.0890. The van der Waals surface area contributed by atoms with Crippen LogP contribution < -0.4 is 0 Å². The summed E-state index contributed by atoms with van der Waals surface area (Å²) in [6, 6.07) is 23.4. The standard InChI is InChI=1S/C19H14O/c20-12-13-5-6-15-11-19-16(10-17(15)9-13)8-7-14-3-1-2-4-18(14)19/h1-11,20H,12H2.